The Morgan fingerprint density at radius 2 is 1.90 bits per heavy atom. The van der Waals surface area contributed by atoms with Gasteiger partial charge in [0.1, 0.15) is 6.54 Å². The Labute approximate surface area is 129 Å². The van der Waals surface area contributed by atoms with E-state index < -0.39 is 5.97 Å². The van der Waals surface area contributed by atoms with Crippen LogP contribution in [0, 0.1) is 13.8 Å². The molecule has 0 spiro atoms. The second-order valence-electron chi connectivity index (χ2n) is 4.57. The van der Waals surface area contributed by atoms with Crippen LogP contribution in [-0.4, -0.2) is 26.8 Å². The molecule has 2 aromatic rings. The number of aromatic carboxylic acids is 1. The van der Waals surface area contributed by atoms with Crippen LogP contribution < -0.4 is 5.32 Å². The first kappa shape index (κ1) is 15.2. The predicted octanol–water partition coefficient (Wildman–Crippen LogP) is 2.60. The number of amides is 1. The third-order valence-electron chi connectivity index (χ3n) is 3.00. The second-order valence-corrected chi connectivity index (χ2v) is 5.37. The molecule has 1 heterocycles. The lowest BCUT2D eigenvalue weighted by molar-refractivity contribution is -0.116. The summed E-state index contributed by atoms with van der Waals surface area (Å²) in [7, 11) is 0. The first-order valence-corrected chi connectivity index (χ1v) is 7.00. The van der Waals surface area contributed by atoms with Crippen LogP contribution >= 0.6 is 15.9 Å². The van der Waals surface area contributed by atoms with Crippen LogP contribution in [0.15, 0.2) is 28.7 Å². The number of hydrogen-bond acceptors (Lipinski definition) is 3. The standard InChI is InChI=1S/C14H14BrN3O3/c1-8-13(15)9(2)18(17-8)7-12(19)16-11-5-3-10(4-6-11)14(20)21/h3-6H,7H2,1-2H3,(H,16,19)(H,20,21). The van der Waals surface area contributed by atoms with Gasteiger partial charge in [-0.15, -0.1) is 0 Å². The minimum absolute atomic E-state index is 0.0962. The molecule has 21 heavy (non-hydrogen) atoms. The van der Waals surface area contributed by atoms with Crippen molar-refractivity contribution in [2.45, 2.75) is 20.4 Å². The number of carboxylic acids is 1. The van der Waals surface area contributed by atoms with E-state index >= 15 is 0 Å². The summed E-state index contributed by atoms with van der Waals surface area (Å²) >= 11 is 3.41. The zero-order chi connectivity index (χ0) is 15.6. The van der Waals surface area contributed by atoms with Crippen molar-refractivity contribution in [3.05, 3.63) is 45.7 Å². The molecule has 1 amide bonds. The zero-order valence-electron chi connectivity index (χ0n) is 11.6. The van der Waals surface area contributed by atoms with E-state index in [-0.39, 0.29) is 18.0 Å². The summed E-state index contributed by atoms with van der Waals surface area (Å²) < 4.78 is 2.50. The molecule has 110 valence electrons. The van der Waals surface area contributed by atoms with Gasteiger partial charge in [0.25, 0.3) is 0 Å². The van der Waals surface area contributed by atoms with Crippen molar-refractivity contribution in [1.82, 2.24) is 9.78 Å². The molecule has 0 aliphatic heterocycles. The summed E-state index contributed by atoms with van der Waals surface area (Å²) in [5.74, 6) is -1.23. The molecule has 0 saturated heterocycles. The summed E-state index contributed by atoms with van der Waals surface area (Å²) in [6.07, 6.45) is 0. The largest absolute Gasteiger partial charge is 0.478 e. The van der Waals surface area contributed by atoms with Crippen molar-refractivity contribution in [3.63, 3.8) is 0 Å². The third-order valence-corrected chi connectivity index (χ3v) is 4.15. The molecule has 6 nitrogen and oxygen atoms in total. The highest BCUT2D eigenvalue weighted by molar-refractivity contribution is 9.10. The minimum Gasteiger partial charge on any atom is -0.478 e. The van der Waals surface area contributed by atoms with Crippen molar-refractivity contribution in [3.8, 4) is 0 Å². The van der Waals surface area contributed by atoms with Crippen molar-refractivity contribution < 1.29 is 14.7 Å². The maximum atomic E-state index is 12.0. The van der Waals surface area contributed by atoms with E-state index in [9.17, 15) is 9.59 Å². The highest BCUT2D eigenvalue weighted by Gasteiger charge is 2.12. The molecule has 0 unspecified atom stereocenters. The lowest BCUT2D eigenvalue weighted by Gasteiger charge is -2.07. The normalized spacial score (nSPS) is 10.4. The maximum absolute atomic E-state index is 12.0. The Morgan fingerprint density at radius 1 is 1.29 bits per heavy atom. The molecule has 0 aliphatic rings. The summed E-state index contributed by atoms with van der Waals surface area (Å²) in [4.78, 5) is 22.7. The van der Waals surface area contributed by atoms with Crippen molar-refractivity contribution >= 4 is 33.5 Å². The van der Waals surface area contributed by atoms with Crippen LogP contribution in [-0.2, 0) is 11.3 Å². The molecule has 0 bridgehead atoms. The molecular weight excluding hydrogens is 338 g/mol. The van der Waals surface area contributed by atoms with Gasteiger partial charge in [0.2, 0.25) is 5.91 Å². The number of rotatable bonds is 4. The molecule has 0 saturated carbocycles. The highest BCUT2D eigenvalue weighted by atomic mass is 79.9. The zero-order valence-corrected chi connectivity index (χ0v) is 13.1. The van der Waals surface area contributed by atoms with Gasteiger partial charge < -0.3 is 10.4 Å². The number of hydrogen-bond donors (Lipinski definition) is 2. The number of halogens is 1. The summed E-state index contributed by atoms with van der Waals surface area (Å²) in [5, 5.41) is 15.8. The molecule has 1 aromatic heterocycles. The number of carbonyl (C=O) groups is 2. The number of anilines is 1. The van der Waals surface area contributed by atoms with Gasteiger partial charge in [-0.3, -0.25) is 9.48 Å². The molecule has 0 fully saturated rings. The minimum atomic E-state index is -1.000. The number of aryl methyl sites for hydroxylation is 1. The molecular formula is C14H14BrN3O3. The van der Waals surface area contributed by atoms with Crippen LogP contribution in [0.5, 0.6) is 0 Å². The van der Waals surface area contributed by atoms with Crippen molar-refractivity contribution in [2.75, 3.05) is 5.32 Å². The maximum Gasteiger partial charge on any atom is 0.335 e. The average Bonchev–Trinajstić information content (AvgIpc) is 2.67. The molecule has 7 heteroatoms. The number of nitrogens with one attached hydrogen (secondary N) is 1. The first-order chi connectivity index (χ1) is 9.88. The van der Waals surface area contributed by atoms with Crippen LogP contribution in [0.2, 0.25) is 0 Å². The first-order valence-electron chi connectivity index (χ1n) is 6.21. The Balaban J connectivity index is 2.04. The van der Waals surface area contributed by atoms with Gasteiger partial charge >= 0.3 is 5.97 Å². The fraction of sp³-hybridized carbons (Fsp3) is 0.214. The SMILES string of the molecule is Cc1nn(CC(=O)Nc2ccc(C(=O)O)cc2)c(C)c1Br. The van der Waals surface area contributed by atoms with Gasteiger partial charge in [0.05, 0.1) is 21.4 Å². The molecule has 2 rings (SSSR count). The van der Waals surface area contributed by atoms with Gasteiger partial charge in [-0.05, 0) is 54.0 Å². The smallest absolute Gasteiger partial charge is 0.335 e. The Bertz CT molecular complexity index is 692. The quantitative estimate of drug-likeness (QED) is 0.886. The Morgan fingerprint density at radius 3 is 2.38 bits per heavy atom. The van der Waals surface area contributed by atoms with Gasteiger partial charge in [0.15, 0.2) is 0 Å². The summed E-state index contributed by atoms with van der Waals surface area (Å²) in [5.41, 5.74) is 2.43. The van der Waals surface area contributed by atoms with Gasteiger partial charge in [0, 0.05) is 5.69 Å². The second kappa shape index (κ2) is 6.09. The van der Waals surface area contributed by atoms with Crippen LogP contribution in [0.4, 0.5) is 5.69 Å². The van der Waals surface area contributed by atoms with E-state index in [1.54, 1.807) is 16.8 Å². The van der Waals surface area contributed by atoms with Crippen LogP contribution in [0.3, 0.4) is 0 Å². The van der Waals surface area contributed by atoms with E-state index in [0.717, 1.165) is 15.9 Å². The number of aromatic nitrogens is 2. The van der Waals surface area contributed by atoms with Gasteiger partial charge in [-0.1, -0.05) is 0 Å². The number of carboxylic acid groups (broad SMARTS) is 1. The lowest BCUT2D eigenvalue weighted by Crippen LogP contribution is -2.20. The van der Waals surface area contributed by atoms with E-state index in [0.29, 0.717) is 5.69 Å². The van der Waals surface area contributed by atoms with E-state index in [4.69, 9.17) is 5.11 Å². The monoisotopic (exact) mass is 351 g/mol. The number of carbonyl (C=O) groups excluding carboxylic acids is 1. The average molecular weight is 352 g/mol. The molecule has 0 radical (unpaired) electrons. The third kappa shape index (κ3) is 3.49. The number of nitrogens with zero attached hydrogens (tertiary/aromatic N) is 2. The fourth-order valence-electron chi connectivity index (χ4n) is 1.86. The summed E-state index contributed by atoms with van der Waals surface area (Å²) in [6, 6.07) is 5.99. The highest BCUT2D eigenvalue weighted by Crippen LogP contribution is 2.19. The van der Waals surface area contributed by atoms with Crippen LogP contribution in [0.1, 0.15) is 21.7 Å². The molecule has 1 aromatic carbocycles. The van der Waals surface area contributed by atoms with E-state index in [2.05, 4.69) is 26.3 Å². The number of benzene rings is 1. The van der Waals surface area contributed by atoms with Crippen LogP contribution in [0.25, 0.3) is 0 Å². The fourth-order valence-corrected chi connectivity index (χ4v) is 2.15. The predicted molar refractivity (Wildman–Crippen MR) is 81.4 cm³/mol. The molecule has 2 N–H and O–H groups in total. The van der Waals surface area contributed by atoms with E-state index in [1.165, 1.54) is 12.1 Å². The molecule has 0 aliphatic carbocycles. The lowest BCUT2D eigenvalue weighted by atomic mass is 10.2. The van der Waals surface area contributed by atoms with E-state index in [1.807, 2.05) is 13.8 Å². The topological polar surface area (TPSA) is 84.2 Å². The Hall–Kier alpha value is -2.15. The van der Waals surface area contributed by atoms with Crippen molar-refractivity contribution in [2.24, 2.45) is 0 Å². The van der Waals surface area contributed by atoms with Gasteiger partial charge in [-0.25, -0.2) is 4.79 Å². The molecule has 0 atom stereocenters. The summed E-state index contributed by atoms with van der Waals surface area (Å²) in [6.45, 7) is 3.83. The Kier molecular flexibility index (Phi) is 4.42. The van der Waals surface area contributed by atoms with Gasteiger partial charge in [-0.2, -0.15) is 5.10 Å². The van der Waals surface area contributed by atoms with Crippen molar-refractivity contribution in [1.29, 1.82) is 0 Å².